The molecule has 0 radical (unpaired) electrons. The predicted molar refractivity (Wildman–Crippen MR) is 201 cm³/mol. The summed E-state index contributed by atoms with van der Waals surface area (Å²) < 4.78 is 78.8. The normalized spacial score (nSPS) is 13.8. The van der Waals surface area contributed by atoms with E-state index in [0.717, 1.165) is 22.3 Å². The maximum absolute atomic E-state index is 9.10. The van der Waals surface area contributed by atoms with Crippen molar-refractivity contribution in [3.8, 4) is 62.1 Å². The molecule has 0 aliphatic heterocycles. The summed E-state index contributed by atoms with van der Waals surface area (Å²) in [5.74, 6) is 0.693. The molecule has 49 heavy (non-hydrogen) atoms. The molecule has 0 spiro atoms. The molecule has 0 aliphatic rings. The van der Waals surface area contributed by atoms with Crippen LogP contribution in [0.25, 0.3) is 83.9 Å². The van der Waals surface area contributed by atoms with Gasteiger partial charge in [-0.25, -0.2) is 4.98 Å². The van der Waals surface area contributed by atoms with Crippen LogP contribution < -0.4 is 0 Å². The summed E-state index contributed by atoms with van der Waals surface area (Å²) in [7, 11) is 0. The number of nitrogens with zero attached hydrogens (tertiary/aromatic N) is 4. The number of para-hydroxylation sites is 1. The number of aromatic nitrogens is 4. The fourth-order valence-electron chi connectivity index (χ4n) is 6.08. The molecule has 0 fully saturated rings. The number of hydrogen-bond acceptors (Lipinski definition) is 3. The zero-order valence-corrected chi connectivity index (χ0v) is 25.9. The molecular weight excluding hydrogens is 597 g/mol. The Morgan fingerprint density at radius 1 is 0.367 bits per heavy atom. The van der Waals surface area contributed by atoms with Crippen LogP contribution in [0.5, 0.6) is 0 Å². The number of hydrogen-bond donors (Lipinski definition) is 0. The first kappa shape index (κ1) is 20.6. The fraction of sp³-hybridized carbons (Fsp3) is 0. The average molecular weight is 636 g/mol. The van der Waals surface area contributed by atoms with E-state index in [0.29, 0.717) is 33.7 Å². The van der Waals surface area contributed by atoms with Gasteiger partial charge in [0.25, 0.3) is 0 Å². The quantitative estimate of drug-likeness (QED) is 0.183. The molecule has 2 aromatic heterocycles. The minimum atomic E-state index is -0.516. The second kappa shape index (κ2) is 12.2. The minimum Gasteiger partial charge on any atom is -0.278 e. The molecule has 0 saturated heterocycles. The molecule has 9 aromatic rings. The van der Waals surface area contributed by atoms with Crippen molar-refractivity contribution in [3.05, 3.63) is 182 Å². The summed E-state index contributed by atoms with van der Waals surface area (Å²) >= 11 is 0. The maximum Gasteiger partial charge on any atom is 0.238 e. The Labute approximate surface area is 297 Å². The monoisotopic (exact) mass is 635 g/mol. The molecule has 230 valence electrons. The summed E-state index contributed by atoms with van der Waals surface area (Å²) in [6.45, 7) is 0. The molecule has 0 bridgehead atoms. The lowest BCUT2D eigenvalue weighted by Gasteiger charge is -2.12. The van der Waals surface area contributed by atoms with Crippen LogP contribution in [0.4, 0.5) is 0 Å². The van der Waals surface area contributed by atoms with E-state index in [1.807, 2.05) is 72.8 Å². The smallest absolute Gasteiger partial charge is 0.238 e. The van der Waals surface area contributed by atoms with Crippen molar-refractivity contribution in [1.29, 1.82) is 0 Å². The van der Waals surface area contributed by atoms with Crippen molar-refractivity contribution < 1.29 is 12.3 Å². The van der Waals surface area contributed by atoms with Crippen molar-refractivity contribution in [2.24, 2.45) is 0 Å². The van der Waals surface area contributed by atoms with Crippen LogP contribution in [0.2, 0.25) is 0 Å². The highest BCUT2D eigenvalue weighted by Crippen LogP contribution is 2.35. The van der Waals surface area contributed by atoms with Gasteiger partial charge < -0.3 is 0 Å². The van der Waals surface area contributed by atoms with E-state index in [1.165, 1.54) is 0 Å². The Balaban J connectivity index is 1.26. The number of benzene rings is 7. The lowest BCUT2D eigenvalue weighted by Crippen LogP contribution is -2.06. The average Bonchev–Trinajstić information content (AvgIpc) is 3.61. The van der Waals surface area contributed by atoms with E-state index in [-0.39, 0.29) is 52.1 Å². The molecule has 4 nitrogen and oxygen atoms in total. The zero-order chi connectivity index (χ0) is 40.4. The largest absolute Gasteiger partial charge is 0.278 e. The number of rotatable bonds is 6. The van der Waals surface area contributed by atoms with Crippen molar-refractivity contribution >= 4 is 21.8 Å². The maximum atomic E-state index is 9.10. The first-order chi connectivity index (χ1) is 28.0. The summed E-state index contributed by atoms with van der Waals surface area (Å²) in [5.41, 5.74) is 6.34. The second-order valence-corrected chi connectivity index (χ2v) is 11.5. The van der Waals surface area contributed by atoms with Crippen molar-refractivity contribution in [2.75, 3.05) is 0 Å². The van der Waals surface area contributed by atoms with E-state index in [1.54, 1.807) is 22.8 Å². The molecule has 0 saturated carbocycles. The molecular formula is C45H30N4. The Morgan fingerprint density at radius 3 is 1.49 bits per heavy atom. The number of fused-ring (bicyclic) bond motifs is 3. The molecule has 9 rings (SSSR count). The third kappa shape index (κ3) is 5.35. The lowest BCUT2D eigenvalue weighted by molar-refractivity contribution is 0.953. The Hall–Kier alpha value is -6.65. The molecule has 0 atom stereocenters. The predicted octanol–water partition coefficient (Wildman–Crippen LogP) is 11.3. The highest BCUT2D eigenvalue weighted by Gasteiger charge is 2.18. The molecule has 4 heteroatoms. The van der Waals surface area contributed by atoms with E-state index in [4.69, 9.17) is 27.3 Å². The summed E-state index contributed by atoms with van der Waals surface area (Å²) in [6, 6.07) is 36.8. The highest BCUT2D eigenvalue weighted by atomic mass is 15.2. The standard InChI is InChI=1S/C45H30N4/c1-4-12-31(13-5-1)33-20-22-34(23-21-33)35-24-26-37(27-25-35)44-46-43(36-16-8-3-9-17-36)47-45(48-44)49-41-19-11-10-18-39(41)40-29-28-38(30-42(40)49)32-14-6-2-7-15-32/h1-30H/i2D,6D,7D,10D,11D,14D,15D,18D,19D. The molecule has 0 aliphatic carbocycles. The summed E-state index contributed by atoms with van der Waals surface area (Å²) in [4.78, 5) is 14.7. The lowest BCUT2D eigenvalue weighted by atomic mass is 9.99. The highest BCUT2D eigenvalue weighted by molar-refractivity contribution is 6.10. The van der Waals surface area contributed by atoms with Gasteiger partial charge in [0.05, 0.1) is 23.4 Å². The van der Waals surface area contributed by atoms with Crippen LogP contribution in [-0.4, -0.2) is 19.5 Å². The molecule has 0 amide bonds. The van der Waals surface area contributed by atoms with Crippen molar-refractivity contribution in [2.45, 2.75) is 0 Å². The molecule has 7 aromatic carbocycles. The van der Waals surface area contributed by atoms with Gasteiger partial charge in [-0.3, -0.25) is 4.57 Å². The van der Waals surface area contributed by atoms with Gasteiger partial charge in [-0.05, 0) is 45.5 Å². The topological polar surface area (TPSA) is 43.6 Å². The van der Waals surface area contributed by atoms with Gasteiger partial charge in [0.1, 0.15) is 0 Å². The Kier molecular flexibility index (Phi) is 5.11. The third-order valence-corrected chi connectivity index (χ3v) is 8.51. The second-order valence-electron chi connectivity index (χ2n) is 11.5. The minimum absolute atomic E-state index is 0.0274. The van der Waals surface area contributed by atoms with Gasteiger partial charge in [0.2, 0.25) is 5.95 Å². The van der Waals surface area contributed by atoms with Gasteiger partial charge in [0, 0.05) is 21.9 Å². The van der Waals surface area contributed by atoms with Crippen LogP contribution in [0.3, 0.4) is 0 Å². The van der Waals surface area contributed by atoms with Gasteiger partial charge >= 0.3 is 0 Å². The third-order valence-electron chi connectivity index (χ3n) is 8.51. The first-order valence-electron chi connectivity index (χ1n) is 20.2. The Morgan fingerprint density at radius 2 is 0.857 bits per heavy atom. The first-order valence-corrected chi connectivity index (χ1v) is 15.7. The van der Waals surface area contributed by atoms with Gasteiger partial charge in [-0.1, -0.05) is 170 Å². The van der Waals surface area contributed by atoms with Crippen LogP contribution in [0.15, 0.2) is 182 Å². The van der Waals surface area contributed by atoms with Crippen LogP contribution in [0, 0.1) is 0 Å². The molecule has 2 heterocycles. The van der Waals surface area contributed by atoms with E-state index >= 15 is 0 Å². The van der Waals surface area contributed by atoms with E-state index < -0.39 is 30.2 Å². The van der Waals surface area contributed by atoms with Gasteiger partial charge in [-0.2, -0.15) is 9.97 Å². The van der Waals surface area contributed by atoms with Gasteiger partial charge in [0.15, 0.2) is 11.6 Å². The zero-order valence-electron chi connectivity index (χ0n) is 34.9. The van der Waals surface area contributed by atoms with Crippen molar-refractivity contribution in [3.63, 3.8) is 0 Å². The molecule has 0 unspecified atom stereocenters. The SMILES string of the molecule is [2H]c1c([2H])c([2H])c(-c2ccc3c4c([2H])c([2H])c([2H])c([2H])c4n(-c4nc(-c5ccccc5)nc(-c5ccc(-c6ccc(-c7ccccc7)cc6)cc5)n4)c3c2)c([2H])c1[2H]. The Bertz CT molecular complexity index is 3050. The van der Waals surface area contributed by atoms with Crippen LogP contribution in [0.1, 0.15) is 12.3 Å². The van der Waals surface area contributed by atoms with Crippen LogP contribution >= 0.6 is 0 Å². The van der Waals surface area contributed by atoms with E-state index in [2.05, 4.69) is 36.4 Å². The van der Waals surface area contributed by atoms with Crippen molar-refractivity contribution in [1.82, 2.24) is 19.5 Å². The van der Waals surface area contributed by atoms with Crippen LogP contribution in [-0.2, 0) is 0 Å². The van der Waals surface area contributed by atoms with E-state index in [9.17, 15) is 0 Å². The van der Waals surface area contributed by atoms with Gasteiger partial charge in [-0.15, -0.1) is 0 Å². The fourth-order valence-corrected chi connectivity index (χ4v) is 6.08. The summed E-state index contributed by atoms with van der Waals surface area (Å²) in [5, 5.41) is 0.656. The molecule has 0 N–H and O–H groups in total. The summed E-state index contributed by atoms with van der Waals surface area (Å²) in [6.07, 6.45) is 0.